The Morgan fingerprint density at radius 3 is 2.53 bits per heavy atom. The zero-order valence-electron chi connectivity index (χ0n) is 11.2. The van der Waals surface area contributed by atoms with E-state index in [1.54, 1.807) is 0 Å². The van der Waals surface area contributed by atoms with Gasteiger partial charge < -0.3 is 10.2 Å². The summed E-state index contributed by atoms with van der Waals surface area (Å²) in [6.45, 7) is 9.64. The fourth-order valence-corrected chi connectivity index (χ4v) is 2.29. The summed E-state index contributed by atoms with van der Waals surface area (Å²) < 4.78 is 0. The molecule has 0 radical (unpaired) electrons. The first-order chi connectivity index (χ1) is 8.11. The van der Waals surface area contributed by atoms with Crippen LogP contribution in [0.5, 0.6) is 0 Å². The van der Waals surface area contributed by atoms with Crippen molar-refractivity contribution < 1.29 is 0 Å². The van der Waals surface area contributed by atoms with E-state index >= 15 is 0 Å². The average molecular weight is 234 g/mol. The lowest BCUT2D eigenvalue weighted by Crippen LogP contribution is -2.23. The van der Waals surface area contributed by atoms with Crippen molar-refractivity contribution in [3.8, 4) is 0 Å². The molecule has 0 aromatic carbocycles. The van der Waals surface area contributed by atoms with Crippen LogP contribution >= 0.6 is 0 Å². The van der Waals surface area contributed by atoms with Crippen LogP contribution < -0.4 is 10.2 Å². The fourth-order valence-electron chi connectivity index (χ4n) is 2.29. The van der Waals surface area contributed by atoms with Gasteiger partial charge in [-0.05, 0) is 25.8 Å². The summed E-state index contributed by atoms with van der Waals surface area (Å²) in [6.07, 6.45) is 1.95. The van der Waals surface area contributed by atoms with Crippen molar-refractivity contribution >= 4 is 5.95 Å². The number of aryl methyl sites for hydroxylation is 1. The Kier molecular flexibility index (Phi) is 3.62. The number of rotatable bonds is 3. The number of hydrogen-bond donors (Lipinski definition) is 1. The predicted octanol–water partition coefficient (Wildman–Crippen LogP) is 1.60. The predicted molar refractivity (Wildman–Crippen MR) is 70.1 cm³/mol. The molecule has 1 aromatic rings. The van der Waals surface area contributed by atoms with E-state index in [0.717, 1.165) is 43.1 Å². The van der Waals surface area contributed by atoms with Gasteiger partial charge in [0.2, 0.25) is 5.95 Å². The maximum atomic E-state index is 4.62. The lowest BCUT2D eigenvalue weighted by atomic mass is 10.0. The molecular formula is C13H22N4. The number of aromatic nitrogens is 2. The molecule has 0 bridgehead atoms. The third kappa shape index (κ3) is 2.57. The topological polar surface area (TPSA) is 41.1 Å². The van der Waals surface area contributed by atoms with E-state index in [1.807, 2.05) is 13.2 Å². The van der Waals surface area contributed by atoms with Crippen molar-refractivity contribution in [2.45, 2.75) is 27.3 Å². The van der Waals surface area contributed by atoms with E-state index in [1.165, 1.54) is 5.56 Å². The van der Waals surface area contributed by atoms with Gasteiger partial charge in [-0.3, -0.25) is 0 Å². The molecule has 94 valence electrons. The quantitative estimate of drug-likeness (QED) is 0.862. The number of nitrogens with zero attached hydrogens (tertiary/aromatic N) is 3. The molecule has 1 fully saturated rings. The molecule has 2 heterocycles. The Hall–Kier alpha value is -1.16. The molecule has 0 saturated carbocycles. The van der Waals surface area contributed by atoms with Crippen molar-refractivity contribution in [2.75, 3.05) is 25.0 Å². The molecule has 4 heteroatoms. The first-order valence-corrected chi connectivity index (χ1v) is 6.34. The van der Waals surface area contributed by atoms with Crippen molar-refractivity contribution in [3.63, 3.8) is 0 Å². The highest BCUT2D eigenvalue weighted by Crippen LogP contribution is 2.25. The standard InChI is InChI=1S/C13H22N4/c1-9-7-17(8-10(9)2)13-15-6-12(5-14-4)11(3)16-13/h6,9-10,14H,5,7-8H2,1-4H3. The van der Waals surface area contributed by atoms with Crippen LogP contribution in [-0.4, -0.2) is 30.1 Å². The molecule has 0 aliphatic carbocycles. The summed E-state index contributed by atoms with van der Waals surface area (Å²) in [7, 11) is 1.94. The van der Waals surface area contributed by atoms with Crippen molar-refractivity contribution in [3.05, 3.63) is 17.5 Å². The third-order valence-electron chi connectivity index (χ3n) is 3.71. The van der Waals surface area contributed by atoms with Crippen molar-refractivity contribution in [1.82, 2.24) is 15.3 Å². The molecule has 0 spiro atoms. The second-order valence-corrected chi connectivity index (χ2v) is 5.17. The second-order valence-electron chi connectivity index (χ2n) is 5.17. The van der Waals surface area contributed by atoms with Gasteiger partial charge in [-0.25, -0.2) is 9.97 Å². The first-order valence-electron chi connectivity index (χ1n) is 6.34. The van der Waals surface area contributed by atoms with Crippen LogP contribution in [0.15, 0.2) is 6.20 Å². The van der Waals surface area contributed by atoms with Crippen LogP contribution in [0, 0.1) is 18.8 Å². The molecule has 2 rings (SSSR count). The summed E-state index contributed by atoms with van der Waals surface area (Å²) in [5.41, 5.74) is 2.26. The SMILES string of the molecule is CNCc1cnc(N2CC(C)C(C)C2)nc1C. The minimum atomic E-state index is 0.732. The Morgan fingerprint density at radius 2 is 2.00 bits per heavy atom. The van der Waals surface area contributed by atoms with E-state index in [0.29, 0.717) is 0 Å². The van der Waals surface area contributed by atoms with E-state index in [2.05, 4.69) is 41.0 Å². The Morgan fingerprint density at radius 1 is 1.35 bits per heavy atom. The van der Waals surface area contributed by atoms with Gasteiger partial charge in [-0.1, -0.05) is 13.8 Å². The van der Waals surface area contributed by atoms with Gasteiger partial charge in [0.1, 0.15) is 0 Å². The lowest BCUT2D eigenvalue weighted by molar-refractivity contribution is 0.494. The third-order valence-corrected chi connectivity index (χ3v) is 3.71. The van der Waals surface area contributed by atoms with Gasteiger partial charge in [0.25, 0.3) is 0 Å². The van der Waals surface area contributed by atoms with Crippen LogP contribution in [0.3, 0.4) is 0 Å². The van der Waals surface area contributed by atoms with Crippen LogP contribution in [-0.2, 0) is 6.54 Å². The van der Waals surface area contributed by atoms with Gasteiger partial charge in [-0.15, -0.1) is 0 Å². The van der Waals surface area contributed by atoms with Crippen LogP contribution in [0.1, 0.15) is 25.1 Å². The number of nitrogens with one attached hydrogen (secondary N) is 1. The van der Waals surface area contributed by atoms with E-state index in [4.69, 9.17) is 0 Å². The zero-order valence-corrected chi connectivity index (χ0v) is 11.2. The Labute approximate surface area is 103 Å². The largest absolute Gasteiger partial charge is 0.340 e. The van der Waals surface area contributed by atoms with Gasteiger partial charge in [0.15, 0.2) is 0 Å². The van der Waals surface area contributed by atoms with E-state index in [-0.39, 0.29) is 0 Å². The molecule has 1 N–H and O–H groups in total. The van der Waals surface area contributed by atoms with Crippen LogP contribution in [0.25, 0.3) is 0 Å². The molecule has 2 atom stereocenters. The van der Waals surface area contributed by atoms with Crippen LogP contribution in [0.2, 0.25) is 0 Å². The molecule has 1 aliphatic heterocycles. The highest BCUT2D eigenvalue weighted by atomic mass is 15.3. The molecular weight excluding hydrogens is 212 g/mol. The summed E-state index contributed by atoms with van der Waals surface area (Å²) in [4.78, 5) is 11.4. The lowest BCUT2D eigenvalue weighted by Gasteiger charge is -2.17. The molecule has 2 unspecified atom stereocenters. The Bertz CT molecular complexity index is 381. The zero-order chi connectivity index (χ0) is 12.4. The van der Waals surface area contributed by atoms with E-state index in [9.17, 15) is 0 Å². The fraction of sp³-hybridized carbons (Fsp3) is 0.692. The highest BCUT2D eigenvalue weighted by Gasteiger charge is 2.27. The Balaban J connectivity index is 2.15. The van der Waals surface area contributed by atoms with Crippen molar-refractivity contribution in [2.24, 2.45) is 11.8 Å². The van der Waals surface area contributed by atoms with Gasteiger partial charge in [0.05, 0.1) is 0 Å². The summed E-state index contributed by atoms with van der Waals surface area (Å²) in [5, 5.41) is 3.13. The first kappa shape index (κ1) is 12.3. The number of anilines is 1. The van der Waals surface area contributed by atoms with Crippen LogP contribution in [0.4, 0.5) is 5.95 Å². The molecule has 4 nitrogen and oxygen atoms in total. The molecule has 1 saturated heterocycles. The van der Waals surface area contributed by atoms with E-state index < -0.39 is 0 Å². The minimum absolute atomic E-state index is 0.732. The maximum absolute atomic E-state index is 4.62. The minimum Gasteiger partial charge on any atom is -0.340 e. The molecule has 1 aliphatic rings. The maximum Gasteiger partial charge on any atom is 0.225 e. The summed E-state index contributed by atoms with van der Waals surface area (Å²) in [5.74, 6) is 2.35. The normalized spacial score (nSPS) is 24.4. The summed E-state index contributed by atoms with van der Waals surface area (Å²) >= 11 is 0. The van der Waals surface area contributed by atoms with Gasteiger partial charge in [-0.2, -0.15) is 0 Å². The summed E-state index contributed by atoms with van der Waals surface area (Å²) in [6, 6.07) is 0. The van der Waals surface area contributed by atoms with Gasteiger partial charge in [0, 0.05) is 37.1 Å². The smallest absolute Gasteiger partial charge is 0.225 e. The second kappa shape index (κ2) is 5.00. The molecule has 0 amide bonds. The molecule has 1 aromatic heterocycles. The average Bonchev–Trinajstić information content (AvgIpc) is 2.62. The van der Waals surface area contributed by atoms with Crippen molar-refractivity contribution in [1.29, 1.82) is 0 Å². The monoisotopic (exact) mass is 234 g/mol. The molecule has 17 heavy (non-hydrogen) atoms. The number of hydrogen-bond acceptors (Lipinski definition) is 4. The van der Waals surface area contributed by atoms with Gasteiger partial charge >= 0.3 is 0 Å². The highest BCUT2D eigenvalue weighted by molar-refractivity contribution is 5.34.